The number of hydrogen-bond donors (Lipinski definition) is 1. The van der Waals surface area contributed by atoms with E-state index in [1.807, 2.05) is 0 Å². The van der Waals surface area contributed by atoms with Crippen LogP contribution in [0.4, 0.5) is 0 Å². The lowest BCUT2D eigenvalue weighted by atomic mass is 9.96. The Balaban J connectivity index is 2.12. The number of aliphatic carboxylic acids is 1. The third-order valence-electron chi connectivity index (χ3n) is 2.81. The molecule has 1 unspecified atom stereocenters. The second-order valence-corrected chi connectivity index (χ2v) is 3.98. The molecule has 0 aliphatic rings. The van der Waals surface area contributed by atoms with Crippen LogP contribution in [0.5, 0.6) is 0 Å². The maximum atomic E-state index is 11.5. The van der Waals surface area contributed by atoms with Crippen LogP contribution in [0.25, 0.3) is 11.1 Å². The molecule has 2 aromatic heterocycles. The highest BCUT2D eigenvalue weighted by molar-refractivity contribution is 5.82. The Bertz CT molecular complexity index is 724. The fourth-order valence-corrected chi connectivity index (χ4v) is 1.95. The summed E-state index contributed by atoms with van der Waals surface area (Å²) in [7, 11) is 0. The first-order chi connectivity index (χ1) is 9.25. The van der Waals surface area contributed by atoms with Gasteiger partial charge in [0, 0.05) is 18.6 Å². The fourth-order valence-electron chi connectivity index (χ4n) is 1.95. The molecule has 0 aliphatic carbocycles. The quantitative estimate of drug-likeness (QED) is 0.768. The standard InChI is InChI=1S/C13H9N3O3/c17-13(18)12(10-6-14-3-4-15-10)8-1-2-9-11(5-8)19-7-16-9/h1-7,12H,(H,17,18). The first-order valence-corrected chi connectivity index (χ1v) is 5.57. The Morgan fingerprint density at radius 1 is 1.26 bits per heavy atom. The van der Waals surface area contributed by atoms with Crippen LogP contribution >= 0.6 is 0 Å². The Kier molecular flexibility index (Phi) is 2.68. The van der Waals surface area contributed by atoms with E-state index in [0.717, 1.165) is 0 Å². The smallest absolute Gasteiger partial charge is 0.317 e. The molecule has 3 aromatic rings. The molecular weight excluding hydrogens is 246 g/mol. The van der Waals surface area contributed by atoms with Gasteiger partial charge >= 0.3 is 5.97 Å². The molecule has 0 saturated heterocycles. The van der Waals surface area contributed by atoms with Crippen molar-refractivity contribution in [2.75, 3.05) is 0 Å². The van der Waals surface area contributed by atoms with E-state index in [2.05, 4.69) is 15.0 Å². The molecular formula is C13H9N3O3. The van der Waals surface area contributed by atoms with Crippen molar-refractivity contribution in [1.29, 1.82) is 0 Å². The maximum absolute atomic E-state index is 11.5. The van der Waals surface area contributed by atoms with Gasteiger partial charge in [-0.15, -0.1) is 0 Å². The minimum absolute atomic E-state index is 0.383. The summed E-state index contributed by atoms with van der Waals surface area (Å²) >= 11 is 0. The van der Waals surface area contributed by atoms with Gasteiger partial charge in [0.1, 0.15) is 11.4 Å². The Hall–Kier alpha value is -2.76. The van der Waals surface area contributed by atoms with Crippen LogP contribution in [-0.4, -0.2) is 26.0 Å². The average Bonchev–Trinajstić information content (AvgIpc) is 2.87. The van der Waals surface area contributed by atoms with Crippen molar-refractivity contribution in [3.63, 3.8) is 0 Å². The van der Waals surface area contributed by atoms with Crippen molar-refractivity contribution in [1.82, 2.24) is 15.0 Å². The lowest BCUT2D eigenvalue weighted by molar-refractivity contribution is -0.137. The molecule has 6 heteroatoms. The van der Waals surface area contributed by atoms with Gasteiger partial charge in [-0.25, -0.2) is 4.98 Å². The van der Waals surface area contributed by atoms with Crippen LogP contribution in [0.15, 0.2) is 47.6 Å². The predicted octanol–water partition coefficient (Wildman–Crippen LogP) is 1.83. The number of hydrogen-bond acceptors (Lipinski definition) is 5. The van der Waals surface area contributed by atoms with E-state index in [0.29, 0.717) is 22.4 Å². The number of carboxylic acid groups (broad SMARTS) is 1. The van der Waals surface area contributed by atoms with E-state index in [-0.39, 0.29) is 0 Å². The molecule has 2 heterocycles. The molecule has 0 fully saturated rings. The van der Waals surface area contributed by atoms with Crippen molar-refractivity contribution in [2.45, 2.75) is 5.92 Å². The highest BCUT2D eigenvalue weighted by atomic mass is 16.4. The third kappa shape index (κ3) is 2.03. The molecule has 0 saturated carbocycles. The summed E-state index contributed by atoms with van der Waals surface area (Å²) in [6, 6.07) is 5.09. The van der Waals surface area contributed by atoms with Gasteiger partial charge in [0.05, 0.1) is 5.69 Å². The third-order valence-corrected chi connectivity index (χ3v) is 2.81. The zero-order valence-corrected chi connectivity index (χ0v) is 9.72. The molecule has 0 radical (unpaired) electrons. The van der Waals surface area contributed by atoms with Crippen LogP contribution in [0.2, 0.25) is 0 Å². The molecule has 0 aliphatic heterocycles. The number of carboxylic acids is 1. The maximum Gasteiger partial charge on any atom is 0.317 e. The topological polar surface area (TPSA) is 89.1 Å². The minimum atomic E-state index is -0.987. The van der Waals surface area contributed by atoms with Crippen molar-refractivity contribution in [3.05, 3.63) is 54.4 Å². The monoisotopic (exact) mass is 255 g/mol. The molecule has 6 nitrogen and oxygen atoms in total. The van der Waals surface area contributed by atoms with Gasteiger partial charge in [0.25, 0.3) is 0 Å². The van der Waals surface area contributed by atoms with E-state index in [4.69, 9.17) is 4.42 Å². The molecule has 1 atom stereocenters. The van der Waals surface area contributed by atoms with Crippen molar-refractivity contribution in [2.24, 2.45) is 0 Å². The highest BCUT2D eigenvalue weighted by Gasteiger charge is 2.24. The summed E-state index contributed by atoms with van der Waals surface area (Å²) in [6.07, 6.45) is 5.75. The van der Waals surface area contributed by atoms with E-state index < -0.39 is 11.9 Å². The molecule has 19 heavy (non-hydrogen) atoms. The first kappa shape index (κ1) is 11.3. The van der Waals surface area contributed by atoms with Crippen LogP contribution in [0.1, 0.15) is 17.2 Å². The van der Waals surface area contributed by atoms with Crippen LogP contribution < -0.4 is 0 Å². The molecule has 1 aromatic carbocycles. The van der Waals surface area contributed by atoms with Gasteiger partial charge in [0.15, 0.2) is 12.0 Å². The highest BCUT2D eigenvalue weighted by Crippen LogP contribution is 2.25. The summed E-state index contributed by atoms with van der Waals surface area (Å²) in [5.41, 5.74) is 2.20. The number of benzene rings is 1. The zero-order valence-electron chi connectivity index (χ0n) is 9.72. The molecule has 0 bridgehead atoms. The number of oxazole rings is 1. The second-order valence-electron chi connectivity index (χ2n) is 3.98. The molecule has 0 spiro atoms. The van der Waals surface area contributed by atoms with Gasteiger partial charge < -0.3 is 9.52 Å². The minimum Gasteiger partial charge on any atom is -0.480 e. The molecule has 0 amide bonds. The van der Waals surface area contributed by atoms with Gasteiger partial charge in [0.2, 0.25) is 0 Å². The lowest BCUT2D eigenvalue weighted by Crippen LogP contribution is -2.14. The van der Waals surface area contributed by atoms with Crippen molar-refractivity contribution >= 4 is 17.1 Å². The van der Waals surface area contributed by atoms with Crippen LogP contribution in [-0.2, 0) is 4.79 Å². The summed E-state index contributed by atoms with van der Waals surface area (Å²) in [5, 5.41) is 9.39. The Morgan fingerprint density at radius 2 is 2.16 bits per heavy atom. The molecule has 1 N–H and O–H groups in total. The number of rotatable bonds is 3. The number of nitrogens with zero attached hydrogens (tertiary/aromatic N) is 3. The van der Waals surface area contributed by atoms with Gasteiger partial charge in [-0.05, 0) is 17.7 Å². The summed E-state index contributed by atoms with van der Waals surface area (Å²) in [4.78, 5) is 23.4. The number of carbonyl (C=O) groups is 1. The normalized spacial score (nSPS) is 12.4. The summed E-state index contributed by atoms with van der Waals surface area (Å²) < 4.78 is 5.18. The fraction of sp³-hybridized carbons (Fsp3) is 0.0769. The van der Waals surface area contributed by atoms with Crippen molar-refractivity contribution in [3.8, 4) is 0 Å². The van der Waals surface area contributed by atoms with Crippen molar-refractivity contribution < 1.29 is 14.3 Å². The van der Waals surface area contributed by atoms with E-state index in [1.165, 1.54) is 25.0 Å². The lowest BCUT2D eigenvalue weighted by Gasteiger charge is -2.11. The SMILES string of the molecule is O=C(O)C(c1ccc2ncoc2c1)c1cnccn1. The largest absolute Gasteiger partial charge is 0.480 e. The van der Waals surface area contributed by atoms with Gasteiger partial charge in [-0.2, -0.15) is 0 Å². The average molecular weight is 255 g/mol. The Morgan fingerprint density at radius 3 is 2.89 bits per heavy atom. The van der Waals surface area contributed by atoms with Crippen LogP contribution in [0.3, 0.4) is 0 Å². The van der Waals surface area contributed by atoms with E-state index in [9.17, 15) is 9.90 Å². The zero-order chi connectivity index (χ0) is 13.2. The van der Waals surface area contributed by atoms with Gasteiger partial charge in [-0.3, -0.25) is 14.8 Å². The number of aromatic nitrogens is 3. The summed E-state index contributed by atoms with van der Waals surface area (Å²) in [6.45, 7) is 0. The molecule has 94 valence electrons. The molecule has 3 rings (SSSR count). The van der Waals surface area contributed by atoms with E-state index in [1.54, 1.807) is 18.2 Å². The van der Waals surface area contributed by atoms with Crippen LogP contribution in [0, 0.1) is 0 Å². The van der Waals surface area contributed by atoms with E-state index >= 15 is 0 Å². The number of fused-ring (bicyclic) bond motifs is 1. The summed E-state index contributed by atoms with van der Waals surface area (Å²) in [5.74, 6) is -1.86. The second kappa shape index (κ2) is 4.49. The Labute approximate surface area is 107 Å². The first-order valence-electron chi connectivity index (χ1n) is 5.57. The van der Waals surface area contributed by atoms with Gasteiger partial charge in [-0.1, -0.05) is 6.07 Å². The predicted molar refractivity (Wildman–Crippen MR) is 65.5 cm³/mol.